The van der Waals surface area contributed by atoms with E-state index in [9.17, 15) is 0 Å². The van der Waals surface area contributed by atoms with Gasteiger partial charge >= 0.3 is 0 Å². The number of hydrogen-bond acceptors (Lipinski definition) is 1. The van der Waals surface area contributed by atoms with Crippen LogP contribution >= 0.6 is 0 Å². The summed E-state index contributed by atoms with van der Waals surface area (Å²) in [4.78, 5) is 0. The minimum absolute atomic E-state index is 0.345. The second-order valence-corrected chi connectivity index (χ2v) is 5.28. The van der Waals surface area contributed by atoms with E-state index < -0.39 is 0 Å². The van der Waals surface area contributed by atoms with Gasteiger partial charge in [0.25, 0.3) is 0 Å². The number of hydrogen-bond donors (Lipinski definition) is 0. The summed E-state index contributed by atoms with van der Waals surface area (Å²) in [7, 11) is 1.83. The van der Waals surface area contributed by atoms with Crippen LogP contribution in [0.3, 0.4) is 0 Å². The van der Waals surface area contributed by atoms with Crippen molar-refractivity contribution in [2.24, 2.45) is 0 Å². The van der Waals surface area contributed by atoms with Gasteiger partial charge in [-0.25, -0.2) is 0 Å². The van der Waals surface area contributed by atoms with E-state index in [1.165, 1.54) is 30.4 Å². The fourth-order valence-electron chi connectivity index (χ4n) is 2.27. The van der Waals surface area contributed by atoms with Gasteiger partial charge in [0, 0.05) is 7.11 Å². The minimum Gasteiger partial charge on any atom is -0.381 e. The molecule has 1 atom stereocenters. The Bertz CT molecular complexity index is 353. The van der Waals surface area contributed by atoms with Gasteiger partial charge < -0.3 is 4.74 Å². The summed E-state index contributed by atoms with van der Waals surface area (Å²) >= 11 is 0. The van der Waals surface area contributed by atoms with Crippen LogP contribution in [-0.2, 0) is 11.2 Å². The van der Waals surface area contributed by atoms with E-state index >= 15 is 0 Å². The highest BCUT2D eigenvalue weighted by Gasteiger charge is 2.08. The van der Waals surface area contributed by atoms with Crippen molar-refractivity contribution in [2.75, 3.05) is 7.11 Å². The van der Waals surface area contributed by atoms with Gasteiger partial charge in [-0.3, -0.25) is 0 Å². The summed E-state index contributed by atoms with van der Waals surface area (Å²) in [5, 5.41) is 0. The normalized spacial score (nSPS) is 13.5. The van der Waals surface area contributed by atoms with E-state index in [1.54, 1.807) is 0 Å². The Balaban J connectivity index is 2.35. The lowest BCUT2D eigenvalue weighted by Gasteiger charge is -2.15. The number of ether oxygens (including phenoxy) is 1. The van der Waals surface area contributed by atoms with E-state index in [2.05, 4.69) is 50.3 Å². The van der Waals surface area contributed by atoms with Crippen molar-refractivity contribution in [1.82, 2.24) is 0 Å². The predicted molar refractivity (Wildman–Crippen MR) is 83.5 cm³/mol. The zero-order valence-corrected chi connectivity index (χ0v) is 12.7. The second kappa shape index (κ2) is 9.80. The Labute approximate surface area is 118 Å². The number of allylic oxidation sites excluding steroid dienone is 1. The van der Waals surface area contributed by atoms with Crippen LogP contribution in [0.4, 0.5) is 0 Å². The first-order chi connectivity index (χ1) is 9.26. The van der Waals surface area contributed by atoms with Crippen molar-refractivity contribution >= 4 is 0 Å². The molecule has 1 heteroatoms. The third-order valence-corrected chi connectivity index (χ3v) is 3.53. The van der Waals surface area contributed by atoms with Crippen molar-refractivity contribution in [3.05, 3.63) is 47.5 Å². The molecule has 1 aromatic rings. The summed E-state index contributed by atoms with van der Waals surface area (Å²) in [5.74, 6) is 0. The maximum absolute atomic E-state index is 5.61. The molecule has 0 aliphatic rings. The average molecular weight is 260 g/mol. The smallest absolute Gasteiger partial charge is 0.0611 e. The van der Waals surface area contributed by atoms with Gasteiger partial charge in [0.15, 0.2) is 0 Å². The fraction of sp³-hybridized carbons (Fsp3) is 0.556. The van der Waals surface area contributed by atoms with Gasteiger partial charge in [0.2, 0.25) is 0 Å². The molecular weight excluding hydrogens is 232 g/mol. The van der Waals surface area contributed by atoms with Crippen LogP contribution < -0.4 is 0 Å². The molecule has 0 saturated carbocycles. The van der Waals surface area contributed by atoms with Crippen LogP contribution in [0.25, 0.3) is 0 Å². The number of aryl methyl sites for hydroxylation is 1. The van der Waals surface area contributed by atoms with E-state index in [0.29, 0.717) is 6.10 Å². The van der Waals surface area contributed by atoms with E-state index in [-0.39, 0.29) is 0 Å². The minimum atomic E-state index is 0.345. The molecule has 0 spiro atoms. The molecule has 0 heterocycles. The third-order valence-electron chi connectivity index (χ3n) is 3.53. The Hall–Kier alpha value is -1.08. The number of unbranched alkanes of at least 4 members (excludes halogenated alkanes) is 2. The topological polar surface area (TPSA) is 9.23 Å². The fourth-order valence-corrected chi connectivity index (χ4v) is 2.27. The number of benzene rings is 1. The van der Waals surface area contributed by atoms with Gasteiger partial charge in [0.1, 0.15) is 0 Å². The second-order valence-electron chi connectivity index (χ2n) is 5.28. The lowest BCUT2D eigenvalue weighted by molar-refractivity contribution is 0.0957. The molecule has 0 aromatic heterocycles. The van der Waals surface area contributed by atoms with Crippen LogP contribution in [0, 0.1) is 0 Å². The molecule has 0 aliphatic heterocycles. The zero-order chi connectivity index (χ0) is 13.9. The standard InChI is InChI=1S/C18H28O/c1-4-5-7-10-16(2)15-18(19-3)14-13-17-11-8-6-9-12-17/h6,8-12,18H,4-5,7,13-15H2,1-3H3/b16-10+. The van der Waals surface area contributed by atoms with Crippen LogP contribution in [0.2, 0.25) is 0 Å². The maximum atomic E-state index is 5.61. The SMILES string of the molecule is CCCC/C=C(\C)CC(CCc1ccccc1)OC. The Morgan fingerprint density at radius 3 is 2.63 bits per heavy atom. The first-order valence-corrected chi connectivity index (χ1v) is 7.48. The first kappa shape index (κ1) is 16.0. The van der Waals surface area contributed by atoms with Gasteiger partial charge in [0.05, 0.1) is 6.10 Å². The van der Waals surface area contributed by atoms with Gasteiger partial charge in [-0.15, -0.1) is 0 Å². The summed E-state index contributed by atoms with van der Waals surface area (Å²) < 4.78 is 5.61. The van der Waals surface area contributed by atoms with Crippen molar-refractivity contribution in [2.45, 2.75) is 58.5 Å². The van der Waals surface area contributed by atoms with Gasteiger partial charge in [-0.05, 0) is 38.2 Å². The van der Waals surface area contributed by atoms with Gasteiger partial charge in [-0.1, -0.05) is 61.7 Å². The van der Waals surface area contributed by atoms with Crippen molar-refractivity contribution in [3.63, 3.8) is 0 Å². The third kappa shape index (κ3) is 7.17. The molecular formula is C18H28O. The molecule has 0 amide bonds. The quantitative estimate of drug-likeness (QED) is 0.440. The molecule has 1 aromatic carbocycles. The number of rotatable bonds is 9. The highest BCUT2D eigenvalue weighted by Crippen LogP contribution is 2.15. The van der Waals surface area contributed by atoms with Crippen LogP contribution in [-0.4, -0.2) is 13.2 Å². The zero-order valence-electron chi connectivity index (χ0n) is 12.7. The molecule has 0 radical (unpaired) electrons. The van der Waals surface area contributed by atoms with Crippen LogP contribution in [0.1, 0.15) is 51.5 Å². The van der Waals surface area contributed by atoms with E-state index in [1.807, 2.05) is 7.11 Å². The van der Waals surface area contributed by atoms with Crippen LogP contribution in [0.15, 0.2) is 42.0 Å². The van der Waals surface area contributed by atoms with E-state index in [0.717, 1.165) is 19.3 Å². The monoisotopic (exact) mass is 260 g/mol. The Morgan fingerprint density at radius 2 is 2.00 bits per heavy atom. The Kier molecular flexibility index (Phi) is 8.24. The lowest BCUT2D eigenvalue weighted by atomic mass is 10.0. The van der Waals surface area contributed by atoms with Crippen molar-refractivity contribution in [3.8, 4) is 0 Å². The molecule has 1 unspecified atom stereocenters. The molecule has 19 heavy (non-hydrogen) atoms. The summed E-state index contributed by atoms with van der Waals surface area (Å²) in [6.45, 7) is 4.46. The summed E-state index contributed by atoms with van der Waals surface area (Å²) in [6.07, 6.45) is 9.74. The maximum Gasteiger partial charge on any atom is 0.0611 e. The molecule has 0 aliphatic carbocycles. The van der Waals surface area contributed by atoms with Crippen molar-refractivity contribution in [1.29, 1.82) is 0 Å². The molecule has 0 bridgehead atoms. The summed E-state index contributed by atoms with van der Waals surface area (Å²) in [5.41, 5.74) is 2.87. The van der Waals surface area contributed by atoms with Crippen LogP contribution in [0.5, 0.6) is 0 Å². The molecule has 1 rings (SSSR count). The highest BCUT2D eigenvalue weighted by molar-refractivity contribution is 5.14. The average Bonchev–Trinajstić information content (AvgIpc) is 2.45. The number of methoxy groups -OCH3 is 1. The largest absolute Gasteiger partial charge is 0.381 e. The molecule has 106 valence electrons. The molecule has 0 saturated heterocycles. The first-order valence-electron chi connectivity index (χ1n) is 7.48. The molecule has 0 N–H and O–H groups in total. The highest BCUT2D eigenvalue weighted by atomic mass is 16.5. The van der Waals surface area contributed by atoms with Gasteiger partial charge in [-0.2, -0.15) is 0 Å². The molecule has 1 nitrogen and oxygen atoms in total. The lowest BCUT2D eigenvalue weighted by Crippen LogP contribution is -2.12. The predicted octanol–water partition coefficient (Wildman–Crippen LogP) is 5.16. The van der Waals surface area contributed by atoms with Crippen molar-refractivity contribution < 1.29 is 4.74 Å². The molecule has 0 fully saturated rings. The Morgan fingerprint density at radius 1 is 1.26 bits per heavy atom. The summed E-state index contributed by atoms with van der Waals surface area (Å²) in [6, 6.07) is 10.7. The van der Waals surface area contributed by atoms with E-state index in [4.69, 9.17) is 4.74 Å².